The van der Waals surface area contributed by atoms with Crippen LogP contribution in [0.15, 0.2) is 48.2 Å². The minimum atomic E-state index is -0.483. The Labute approximate surface area is 151 Å². The lowest BCUT2D eigenvalue weighted by Gasteiger charge is -2.32. The van der Waals surface area contributed by atoms with E-state index < -0.39 is 11.7 Å². The number of fused-ring (bicyclic) bond motifs is 1. The van der Waals surface area contributed by atoms with Crippen molar-refractivity contribution in [3.63, 3.8) is 0 Å². The predicted molar refractivity (Wildman–Crippen MR) is 97.3 cm³/mol. The van der Waals surface area contributed by atoms with Crippen LogP contribution in [0.1, 0.15) is 22.8 Å². The molecule has 0 unspecified atom stereocenters. The lowest BCUT2D eigenvalue weighted by atomic mass is 9.97. The van der Waals surface area contributed by atoms with Crippen molar-refractivity contribution >= 4 is 17.2 Å². The fourth-order valence-corrected chi connectivity index (χ4v) is 2.98. The van der Waals surface area contributed by atoms with Gasteiger partial charge in [-0.25, -0.2) is 4.39 Å². The van der Waals surface area contributed by atoms with Crippen LogP contribution in [0.25, 0.3) is 5.57 Å². The summed E-state index contributed by atoms with van der Waals surface area (Å²) < 4.78 is 18.6. The maximum atomic E-state index is 13.4. The molecule has 1 heterocycles. The summed E-state index contributed by atoms with van der Waals surface area (Å²) in [5, 5.41) is 12.4. The Morgan fingerprint density at radius 2 is 2.15 bits per heavy atom. The quantitative estimate of drug-likeness (QED) is 0.917. The maximum Gasteiger partial charge on any atom is 0.255 e. The van der Waals surface area contributed by atoms with Crippen molar-refractivity contribution in [2.75, 3.05) is 25.1 Å². The van der Waals surface area contributed by atoms with E-state index >= 15 is 0 Å². The number of anilines is 1. The summed E-state index contributed by atoms with van der Waals surface area (Å²) >= 11 is 0. The zero-order valence-corrected chi connectivity index (χ0v) is 14.5. The third-order valence-electron chi connectivity index (χ3n) is 4.31. The number of ether oxygens (including phenoxy) is 1. The molecule has 3 rings (SSSR count). The SMILES string of the molecule is CCN1CC(NC(=O)c2cccc(F)c2)=C(C#N)c2ccc(OC)cc21. The summed E-state index contributed by atoms with van der Waals surface area (Å²) in [6.07, 6.45) is 0. The predicted octanol–water partition coefficient (Wildman–Crippen LogP) is 3.34. The highest BCUT2D eigenvalue weighted by molar-refractivity contribution is 5.98. The molecule has 0 saturated carbocycles. The van der Waals surface area contributed by atoms with E-state index in [1.807, 2.05) is 24.0 Å². The fourth-order valence-electron chi connectivity index (χ4n) is 2.98. The Kier molecular flexibility index (Phi) is 4.90. The van der Waals surface area contributed by atoms with Gasteiger partial charge in [-0.3, -0.25) is 4.79 Å². The van der Waals surface area contributed by atoms with Gasteiger partial charge in [-0.15, -0.1) is 0 Å². The monoisotopic (exact) mass is 351 g/mol. The highest BCUT2D eigenvalue weighted by Gasteiger charge is 2.25. The van der Waals surface area contributed by atoms with Crippen LogP contribution >= 0.6 is 0 Å². The Bertz CT molecular complexity index is 931. The molecule has 5 nitrogen and oxygen atoms in total. The first kappa shape index (κ1) is 17.5. The Hall–Kier alpha value is -3.33. The van der Waals surface area contributed by atoms with Crippen molar-refractivity contribution in [2.45, 2.75) is 6.92 Å². The standard InChI is InChI=1S/C20H18FN3O2/c1-3-24-12-18(23-20(25)13-5-4-6-14(21)9-13)17(11-22)16-8-7-15(26-2)10-19(16)24/h4-10H,3,12H2,1-2H3,(H,23,25). The summed E-state index contributed by atoms with van der Waals surface area (Å²) in [6.45, 7) is 3.06. The van der Waals surface area contributed by atoms with Gasteiger partial charge in [0.25, 0.3) is 5.91 Å². The average Bonchev–Trinajstić information content (AvgIpc) is 2.66. The van der Waals surface area contributed by atoms with Crippen LogP contribution in [0.4, 0.5) is 10.1 Å². The van der Waals surface area contributed by atoms with E-state index in [4.69, 9.17) is 4.74 Å². The first-order valence-electron chi connectivity index (χ1n) is 8.21. The van der Waals surface area contributed by atoms with Gasteiger partial charge in [-0.1, -0.05) is 6.07 Å². The van der Waals surface area contributed by atoms with Crippen molar-refractivity contribution in [3.8, 4) is 11.8 Å². The molecule has 0 fully saturated rings. The molecule has 0 radical (unpaired) electrons. The van der Waals surface area contributed by atoms with E-state index in [2.05, 4.69) is 11.4 Å². The summed E-state index contributed by atoms with van der Waals surface area (Å²) in [7, 11) is 1.59. The lowest BCUT2D eigenvalue weighted by molar-refractivity contribution is 0.0965. The van der Waals surface area contributed by atoms with Crippen molar-refractivity contribution in [1.82, 2.24) is 5.32 Å². The van der Waals surface area contributed by atoms with E-state index in [1.165, 1.54) is 24.3 Å². The average molecular weight is 351 g/mol. The van der Waals surface area contributed by atoms with E-state index in [1.54, 1.807) is 13.2 Å². The molecule has 2 aromatic carbocycles. The van der Waals surface area contributed by atoms with Gasteiger partial charge in [0.1, 0.15) is 17.6 Å². The number of carbonyl (C=O) groups is 1. The van der Waals surface area contributed by atoms with Gasteiger partial charge < -0.3 is 15.0 Å². The van der Waals surface area contributed by atoms with Gasteiger partial charge in [0.05, 0.1) is 24.9 Å². The molecule has 1 amide bonds. The smallest absolute Gasteiger partial charge is 0.255 e. The van der Waals surface area contributed by atoms with Gasteiger partial charge >= 0.3 is 0 Å². The number of benzene rings is 2. The number of methoxy groups -OCH3 is 1. The fraction of sp³-hybridized carbons (Fsp3) is 0.200. The van der Waals surface area contributed by atoms with Crippen molar-refractivity contribution in [2.24, 2.45) is 0 Å². The maximum absolute atomic E-state index is 13.4. The molecule has 2 aromatic rings. The third-order valence-corrected chi connectivity index (χ3v) is 4.31. The summed E-state index contributed by atoms with van der Waals surface area (Å²) in [4.78, 5) is 14.5. The topological polar surface area (TPSA) is 65.4 Å². The van der Waals surface area contributed by atoms with Crippen LogP contribution in [-0.4, -0.2) is 26.1 Å². The molecule has 1 aliphatic heterocycles. The normalized spacial score (nSPS) is 13.1. The second-order valence-electron chi connectivity index (χ2n) is 5.83. The molecule has 0 spiro atoms. The molecule has 0 saturated heterocycles. The number of nitrogens with zero attached hydrogens (tertiary/aromatic N) is 2. The van der Waals surface area contributed by atoms with E-state index in [0.717, 1.165) is 11.3 Å². The van der Waals surface area contributed by atoms with Crippen molar-refractivity contribution in [3.05, 3.63) is 65.1 Å². The van der Waals surface area contributed by atoms with Crippen LogP contribution in [0.2, 0.25) is 0 Å². The summed E-state index contributed by atoms with van der Waals surface area (Å²) in [6, 6.07) is 13.1. The van der Waals surface area contributed by atoms with Gasteiger partial charge in [0, 0.05) is 29.4 Å². The minimum absolute atomic E-state index is 0.207. The second kappa shape index (κ2) is 7.28. The molecule has 132 valence electrons. The van der Waals surface area contributed by atoms with Crippen LogP contribution in [-0.2, 0) is 0 Å². The lowest BCUT2D eigenvalue weighted by Crippen LogP contribution is -2.37. The van der Waals surface area contributed by atoms with E-state index in [0.29, 0.717) is 30.1 Å². The Balaban J connectivity index is 2.00. The molecule has 26 heavy (non-hydrogen) atoms. The van der Waals surface area contributed by atoms with Crippen molar-refractivity contribution in [1.29, 1.82) is 5.26 Å². The number of amides is 1. The number of nitrogens with one attached hydrogen (secondary N) is 1. The summed E-state index contributed by atoms with van der Waals surface area (Å²) in [5.74, 6) is -0.226. The molecule has 1 aliphatic rings. The number of allylic oxidation sites excluding steroid dienone is 1. The van der Waals surface area contributed by atoms with Gasteiger partial charge in [0.2, 0.25) is 0 Å². The summed E-state index contributed by atoms with van der Waals surface area (Å²) in [5.41, 5.74) is 2.72. The molecular formula is C20H18FN3O2. The van der Waals surface area contributed by atoms with E-state index in [-0.39, 0.29) is 5.56 Å². The van der Waals surface area contributed by atoms with Gasteiger partial charge in [0.15, 0.2) is 0 Å². The number of hydrogen-bond donors (Lipinski definition) is 1. The molecule has 0 bridgehead atoms. The first-order valence-corrected chi connectivity index (χ1v) is 8.21. The number of halogens is 1. The molecule has 1 N–H and O–H groups in total. The number of rotatable bonds is 4. The largest absolute Gasteiger partial charge is 0.497 e. The number of nitriles is 1. The zero-order chi connectivity index (χ0) is 18.7. The zero-order valence-electron chi connectivity index (χ0n) is 14.5. The highest BCUT2D eigenvalue weighted by Crippen LogP contribution is 2.36. The molecule has 0 aliphatic carbocycles. The highest BCUT2D eigenvalue weighted by atomic mass is 19.1. The van der Waals surface area contributed by atoms with Gasteiger partial charge in [-0.05, 0) is 37.3 Å². The second-order valence-corrected chi connectivity index (χ2v) is 5.83. The van der Waals surface area contributed by atoms with Crippen molar-refractivity contribution < 1.29 is 13.9 Å². The molecule has 0 aromatic heterocycles. The Morgan fingerprint density at radius 1 is 1.35 bits per heavy atom. The molecular weight excluding hydrogens is 333 g/mol. The minimum Gasteiger partial charge on any atom is -0.497 e. The van der Waals surface area contributed by atoms with Crippen LogP contribution in [0.3, 0.4) is 0 Å². The van der Waals surface area contributed by atoms with Gasteiger partial charge in [-0.2, -0.15) is 5.26 Å². The molecule has 6 heteroatoms. The molecule has 0 atom stereocenters. The first-order chi connectivity index (χ1) is 12.6. The van der Waals surface area contributed by atoms with Crippen LogP contribution < -0.4 is 15.0 Å². The Morgan fingerprint density at radius 3 is 2.81 bits per heavy atom. The third kappa shape index (κ3) is 3.24. The van der Waals surface area contributed by atoms with E-state index in [9.17, 15) is 14.4 Å². The number of likely N-dealkylation sites (N-methyl/N-ethyl adjacent to an activating group) is 1. The number of hydrogen-bond acceptors (Lipinski definition) is 4. The van der Waals surface area contributed by atoms with Crippen LogP contribution in [0, 0.1) is 17.1 Å². The number of carbonyl (C=O) groups excluding carboxylic acids is 1. The van der Waals surface area contributed by atoms with Crippen LogP contribution in [0.5, 0.6) is 5.75 Å².